The predicted octanol–water partition coefficient (Wildman–Crippen LogP) is 6.83. The Morgan fingerprint density at radius 1 is 0.448 bits per heavy atom. The van der Waals surface area contributed by atoms with E-state index < -0.39 is 0 Å². The van der Waals surface area contributed by atoms with Gasteiger partial charge in [-0.1, -0.05) is 60.7 Å². The molecule has 0 aliphatic rings. The van der Waals surface area contributed by atoms with Crippen LogP contribution in [0.2, 0.25) is 0 Å². The van der Waals surface area contributed by atoms with Crippen LogP contribution in [0.25, 0.3) is 22.3 Å². The molecule has 3 heteroatoms. The molecule has 0 radical (unpaired) electrons. The highest BCUT2D eigenvalue weighted by Crippen LogP contribution is 2.33. The second kappa shape index (κ2) is 8.53. The Kier molecular flexibility index (Phi) is 5.48. The SMILES string of the molecule is COc1ccccc1-c1ccc(Oc2ccc(-c3ccccc3OC)cc2)cc1. The molecule has 4 aromatic carbocycles. The molecule has 0 amide bonds. The highest BCUT2D eigenvalue weighted by molar-refractivity contribution is 5.72. The van der Waals surface area contributed by atoms with Crippen LogP contribution in [0.4, 0.5) is 0 Å². The normalized spacial score (nSPS) is 10.4. The summed E-state index contributed by atoms with van der Waals surface area (Å²) in [6.07, 6.45) is 0. The molecule has 0 aromatic heterocycles. The van der Waals surface area contributed by atoms with Gasteiger partial charge in [0.2, 0.25) is 0 Å². The lowest BCUT2D eigenvalue weighted by Gasteiger charge is -2.11. The summed E-state index contributed by atoms with van der Waals surface area (Å²) in [5.41, 5.74) is 4.29. The minimum atomic E-state index is 0.786. The van der Waals surface area contributed by atoms with Gasteiger partial charge < -0.3 is 14.2 Å². The van der Waals surface area contributed by atoms with E-state index in [0.29, 0.717) is 0 Å². The van der Waals surface area contributed by atoms with Crippen LogP contribution in [0.5, 0.6) is 23.0 Å². The van der Waals surface area contributed by atoms with Gasteiger partial charge in [0.15, 0.2) is 0 Å². The molecule has 4 rings (SSSR count). The molecule has 0 spiro atoms. The standard InChI is InChI=1S/C26H22O3/c1-27-25-9-5-3-7-23(25)19-11-15-21(16-12-19)29-22-17-13-20(14-18-22)24-8-4-6-10-26(24)28-2/h3-18H,1-2H3. The van der Waals surface area contributed by atoms with Crippen molar-refractivity contribution in [2.24, 2.45) is 0 Å². The van der Waals surface area contributed by atoms with E-state index in [4.69, 9.17) is 14.2 Å². The molecule has 0 atom stereocenters. The lowest BCUT2D eigenvalue weighted by Crippen LogP contribution is -1.89. The summed E-state index contributed by atoms with van der Waals surface area (Å²) in [6, 6.07) is 32.0. The second-order valence-electron chi connectivity index (χ2n) is 6.55. The molecule has 144 valence electrons. The lowest BCUT2D eigenvalue weighted by molar-refractivity contribution is 0.416. The van der Waals surface area contributed by atoms with Crippen LogP contribution in [0.15, 0.2) is 97.1 Å². The van der Waals surface area contributed by atoms with Crippen molar-refractivity contribution < 1.29 is 14.2 Å². The molecule has 3 nitrogen and oxygen atoms in total. The largest absolute Gasteiger partial charge is 0.496 e. The van der Waals surface area contributed by atoms with Gasteiger partial charge in [-0.25, -0.2) is 0 Å². The second-order valence-corrected chi connectivity index (χ2v) is 6.55. The van der Waals surface area contributed by atoms with Crippen molar-refractivity contribution in [3.05, 3.63) is 97.1 Å². The van der Waals surface area contributed by atoms with Crippen molar-refractivity contribution in [3.8, 4) is 45.3 Å². The van der Waals surface area contributed by atoms with Gasteiger partial charge in [0.1, 0.15) is 23.0 Å². The summed E-state index contributed by atoms with van der Waals surface area (Å²) >= 11 is 0. The summed E-state index contributed by atoms with van der Waals surface area (Å²) in [4.78, 5) is 0. The first-order valence-electron chi connectivity index (χ1n) is 9.43. The number of para-hydroxylation sites is 2. The molecule has 0 saturated heterocycles. The van der Waals surface area contributed by atoms with E-state index >= 15 is 0 Å². The van der Waals surface area contributed by atoms with E-state index in [1.165, 1.54) is 0 Å². The third kappa shape index (κ3) is 4.09. The van der Waals surface area contributed by atoms with Gasteiger partial charge in [-0.15, -0.1) is 0 Å². The molecule has 4 aromatic rings. The molecule has 29 heavy (non-hydrogen) atoms. The number of methoxy groups -OCH3 is 2. The fourth-order valence-corrected chi connectivity index (χ4v) is 3.31. The quantitative estimate of drug-likeness (QED) is 0.366. The Morgan fingerprint density at radius 3 is 1.21 bits per heavy atom. The van der Waals surface area contributed by atoms with Crippen molar-refractivity contribution in [3.63, 3.8) is 0 Å². The van der Waals surface area contributed by atoms with E-state index in [0.717, 1.165) is 45.3 Å². The average molecular weight is 382 g/mol. The number of hydrogen-bond acceptors (Lipinski definition) is 3. The van der Waals surface area contributed by atoms with Crippen LogP contribution in [0.1, 0.15) is 0 Å². The van der Waals surface area contributed by atoms with E-state index in [2.05, 4.69) is 0 Å². The van der Waals surface area contributed by atoms with E-state index in [1.807, 2.05) is 97.1 Å². The summed E-state index contributed by atoms with van der Waals surface area (Å²) in [5.74, 6) is 3.28. The zero-order chi connectivity index (χ0) is 20.1. The number of ether oxygens (including phenoxy) is 3. The van der Waals surface area contributed by atoms with Crippen molar-refractivity contribution >= 4 is 0 Å². The van der Waals surface area contributed by atoms with Crippen LogP contribution in [0.3, 0.4) is 0 Å². The molecule has 0 saturated carbocycles. The molecule has 0 bridgehead atoms. The van der Waals surface area contributed by atoms with Crippen LogP contribution < -0.4 is 14.2 Å². The average Bonchev–Trinajstić information content (AvgIpc) is 2.80. The maximum absolute atomic E-state index is 6.01. The van der Waals surface area contributed by atoms with Gasteiger partial charge in [-0.3, -0.25) is 0 Å². The van der Waals surface area contributed by atoms with E-state index in [1.54, 1.807) is 14.2 Å². The van der Waals surface area contributed by atoms with Gasteiger partial charge in [0.25, 0.3) is 0 Å². The molecular formula is C26H22O3. The maximum Gasteiger partial charge on any atom is 0.127 e. The summed E-state index contributed by atoms with van der Waals surface area (Å²) in [5, 5.41) is 0. The Morgan fingerprint density at radius 2 is 0.828 bits per heavy atom. The number of rotatable bonds is 6. The van der Waals surface area contributed by atoms with Crippen molar-refractivity contribution in [1.29, 1.82) is 0 Å². The Hall–Kier alpha value is -3.72. The predicted molar refractivity (Wildman–Crippen MR) is 117 cm³/mol. The van der Waals surface area contributed by atoms with E-state index in [9.17, 15) is 0 Å². The highest BCUT2D eigenvalue weighted by atomic mass is 16.5. The fourth-order valence-electron chi connectivity index (χ4n) is 3.31. The van der Waals surface area contributed by atoms with Gasteiger partial charge in [-0.2, -0.15) is 0 Å². The van der Waals surface area contributed by atoms with Crippen LogP contribution in [-0.4, -0.2) is 14.2 Å². The van der Waals surface area contributed by atoms with Crippen LogP contribution in [-0.2, 0) is 0 Å². The molecule has 0 aliphatic carbocycles. The summed E-state index contributed by atoms with van der Waals surface area (Å²) in [7, 11) is 3.37. The van der Waals surface area contributed by atoms with E-state index in [-0.39, 0.29) is 0 Å². The molecule has 0 fully saturated rings. The Bertz CT molecular complexity index is 994. The first-order valence-corrected chi connectivity index (χ1v) is 9.43. The van der Waals surface area contributed by atoms with Crippen molar-refractivity contribution in [2.75, 3.05) is 14.2 Å². The third-order valence-electron chi connectivity index (χ3n) is 4.78. The minimum absolute atomic E-state index is 0.786. The van der Waals surface area contributed by atoms with Gasteiger partial charge >= 0.3 is 0 Å². The first kappa shape index (κ1) is 18.6. The molecule has 0 heterocycles. The van der Waals surface area contributed by atoms with Gasteiger partial charge in [0, 0.05) is 11.1 Å². The lowest BCUT2D eigenvalue weighted by atomic mass is 10.0. The summed E-state index contributed by atoms with van der Waals surface area (Å²) in [6.45, 7) is 0. The molecular weight excluding hydrogens is 360 g/mol. The van der Waals surface area contributed by atoms with Crippen molar-refractivity contribution in [1.82, 2.24) is 0 Å². The number of hydrogen-bond donors (Lipinski definition) is 0. The Labute approximate surface area is 171 Å². The Balaban J connectivity index is 1.51. The summed E-state index contributed by atoms with van der Waals surface area (Å²) < 4.78 is 16.9. The highest BCUT2D eigenvalue weighted by Gasteiger charge is 2.07. The minimum Gasteiger partial charge on any atom is -0.496 e. The third-order valence-corrected chi connectivity index (χ3v) is 4.78. The zero-order valence-electron chi connectivity index (χ0n) is 16.5. The van der Waals surface area contributed by atoms with Crippen LogP contribution in [0, 0.1) is 0 Å². The topological polar surface area (TPSA) is 27.7 Å². The molecule has 0 unspecified atom stereocenters. The fraction of sp³-hybridized carbons (Fsp3) is 0.0769. The smallest absolute Gasteiger partial charge is 0.127 e. The first-order chi connectivity index (χ1) is 14.3. The van der Waals surface area contributed by atoms with Crippen LogP contribution >= 0.6 is 0 Å². The van der Waals surface area contributed by atoms with Gasteiger partial charge in [-0.05, 0) is 47.5 Å². The van der Waals surface area contributed by atoms with Gasteiger partial charge in [0.05, 0.1) is 14.2 Å². The monoisotopic (exact) mass is 382 g/mol. The molecule has 0 N–H and O–H groups in total. The molecule has 0 aliphatic heterocycles. The maximum atomic E-state index is 6.01. The van der Waals surface area contributed by atoms with Crippen molar-refractivity contribution in [2.45, 2.75) is 0 Å². The zero-order valence-corrected chi connectivity index (χ0v) is 16.5. The number of benzene rings is 4.